The summed E-state index contributed by atoms with van der Waals surface area (Å²) in [6.07, 6.45) is 0. The third kappa shape index (κ3) is 3.77. The van der Waals surface area contributed by atoms with Gasteiger partial charge in [0.15, 0.2) is 0 Å². The van der Waals surface area contributed by atoms with Crippen LogP contribution in [0.4, 0.5) is 0 Å². The van der Waals surface area contributed by atoms with Gasteiger partial charge in [0.2, 0.25) is 0 Å². The summed E-state index contributed by atoms with van der Waals surface area (Å²) in [5.41, 5.74) is 0. The first-order valence-corrected chi connectivity index (χ1v) is 4.51. The zero-order chi connectivity index (χ0) is 8.85. The average molecular weight is 192 g/mol. The smallest absolute Gasteiger partial charge is 0.423 e. The van der Waals surface area contributed by atoms with E-state index in [0.717, 1.165) is 11.3 Å². The van der Waals surface area contributed by atoms with Crippen LogP contribution >= 0.6 is 22.9 Å². The maximum Gasteiger partial charge on any atom is 0.499 e. The molecule has 0 aliphatic carbocycles. The lowest BCUT2D eigenvalue weighted by atomic mass is 9.90. The van der Waals surface area contributed by atoms with Crippen LogP contribution in [0.1, 0.15) is 13.8 Å². The first kappa shape index (κ1) is 11.0. The van der Waals surface area contributed by atoms with Gasteiger partial charge in [-0.2, -0.15) is 0 Å². The van der Waals surface area contributed by atoms with Crippen LogP contribution in [0.15, 0.2) is 12.1 Å². The summed E-state index contributed by atoms with van der Waals surface area (Å²) in [5.74, 6) is 0. The zero-order valence-corrected chi connectivity index (χ0v) is 7.99. The summed E-state index contributed by atoms with van der Waals surface area (Å²) in [4.78, 5) is 0. The van der Waals surface area contributed by atoms with Crippen LogP contribution < -0.4 is 4.78 Å². The van der Waals surface area contributed by atoms with Crippen molar-refractivity contribution in [3.63, 3.8) is 0 Å². The molecule has 1 aromatic rings. The Morgan fingerprint density at radius 3 is 2.09 bits per heavy atom. The van der Waals surface area contributed by atoms with Crippen molar-refractivity contribution < 1.29 is 10.0 Å². The summed E-state index contributed by atoms with van der Waals surface area (Å²) in [6, 6.07) is 3.21. The van der Waals surface area contributed by atoms with E-state index in [4.69, 9.17) is 21.6 Å². The Bertz CT molecular complexity index is 202. The molecule has 0 aliphatic heterocycles. The van der Waals surface area contributed by atoms with Gasteiger partial charge in [-0.1, -0.05) is 31.5 Å². The molecule has 2 N–H and O–H groups in total. The molecule has 62 valence electrons. The molecule has 5 heteroatoms. The van der Waals surface area contributed by atoms with Crippen molar-refractivity contribution in [2.75, 3.05) is 0 Å². The maximum absolute atomic E-state index is 8.54. The van der Waals surface area contributed by atoms with Gasteiger partial charge in [0.1, 0.15) is 0 Å². The van der Waals surface area contributed by atoms with E-state index in [1.165, 1.54) is 0 Å². The molecule has 0 atom stereocenters. The Morgan fingerprint density at radius 1 is 1.36 bits per heavy atom. The number of hydrogen-bond acceptors (Lipinski definition) is 3. The zero-order valence-electron chi connectivity index (χ0n) is 6.41. The molecule has 0 amide bonds. The molecule has 0 bridgehead atoms. The van der Waals surface area contributed by atoms with Crippen LogP contribution in [0.3, 0.4) is 0 Å². The summed E-state index contributed by atoms with van der Waals surface area (Å²) in [7, 11) is -1.39. The Labute approximate surface area is 75.6 Å². The minimum absolute atomic E-state index is 0.472. The van der Waals surface area contributed by atoms with Gasteiger partial charge in [-0.3, -0.25) is 0 Å². The van der Waals surface area contributed by atoms with Crippen molar-refractivity contribution in [1.29, 1.82) is 0 Å². The van der Waals surface area contributed by atoms with Gasteiger partial charge < -0.3 is 10.0 Å². The van der Waals surface area contributed by atoms with E-state index in [9.17, 15) is 0 Å². The topological polar surface area (TPSA) is 40.5 Å². The molecular weight excluding hydrogens is 182 g/mol. The molecule has 0 radical (unpaired) electrons. The second kappa shape index (κ2) is 5.60. The van der Waals surface area contributed by atoms with Gasteiger partial charge >= 0.3 is 7.12 Å². The fourth-order valence-electron chi connectivity index (χ4n) is 0.467. The molecule has 0 spiro atoms. The highest BCUT2D eigenvalue weighted by atomic mass is 35.5. The number of halogens is 1. The Morgan fingerprint density at radius 2 is 1.91 bits per heavy atom. The maximum atomic E-state index is 8.54. The monoisotopic (exact) mass is 192 g/mol. The quantitative estimate of drug-likeness (QED) is 0.655. The Balaban J connectivity index is 0.000000461. The van der Waals surface area contributed by atoms with E-state index >= 15 is 0 Å². The van der Waals surface area contributed by atoms with Gasteiger partial charge in [-0.05, 0) is 6.07 Å². The number of hydrogen-bond donors (Lipinski definition) is 2. The van der Waals surface area contributed by atoms with Crippen molar-refractivity contribution in [2.24, 2.45) is 0 Å². The molecule has 1 aromatic heterocycles. The van der Waals surface area contributed by atoms with Crippen molar-refractivity contribution in [1.82, 2.24) is 0 Å². The van der Waals surface area contributed by atoms with E-state index in [1.54, 1.807) is 12.1 Å². The highest BCUT2D eigenvalue weighted by Gasteiger charge is 2.12. The molecule has 0 saturated carbocycles. The minimum Gasteiger partial charge on any atom is -0.423 e. The molecule has 2 nitrogen and oxygen atoms in total. The first-order valence-electron chi connectivity index (χ1n) is 3.31. The van der Waals surface area contributed by atoms with Crippen molar-refractivity contribution in [3.8, 4) is 0 Å². The van der Waals surface area contributed by atoms with Crippen LogP contribution in [-0.4, -0.2) is 17.2 Å². The van der Waals surface area contributed by atoms with Gasteiger partial charge in [0, 0.05) is 4.78 Å². The van der Waals surface area contributed by atoms with Gasteiger partial charge in [-0.15, -0.1) is 11.3 Å². The van der Waals surface area contributed by atoms with Crippen LogP contribution in [0.5, 0.6) is 0 Å². The fourth-order valence-corrected chi connectivity index (χ4v) is 1.40. The van der Waals surface area contributed by atoms with E-state index in [2.05, 4.69) is 0 Å². The summed E-state index contributed by atoms with van der Waals surface area (Å²) in [5, 5.41) is 17.1. The van der Waals surface area contributed by atoms with Gasteiger partial charge in [0.25, 0.3) is 0 Å². The third-order valence-electron chi connectivity index (χ3n) is 0.848. The molecule has 0 fully saturated rings. The predicted molar refractivity (Wildman–Crippen MR) is 50.5 cm³/mol. The van der Waals surface area contributed by atoms with Gasteiger partial charge in [0.05, 0.1) is 4.34 Å². The van der Waals surface area contributed by atoms with Gasteiger partial charge in [-0.25, -0.2) is 0 Å². The van der Waals surface area contributed by atoms with Crippen LogP contribution in [-0.2, 0) is 0 Å². The highest BCUT2D eigenvalue weighted by Crippen LogP contribution is 2.12. The average Bonchev–Trinajstić information content (AvgIpc) is 2.40. The van der Waals surface area contributed by atoms with Crippen molar-refractivity contribution in [2.45, 2.75) is 13.8 Å². The summed E-state index contributed by atoms with van der Waals surface area (Å²) < 4.78 is 1.04. The van der Waals surface area contributed by atoms with Crippen LogP contribution in [0.25, 0.3) is 0 Å². The third-order valence-corrected chi connectivity index (χ3v) is 2.12. The lowest BCUT2D eigenvalue weighted by molar-refractivity contribution is 0.427. The van der Waals surface area contributed by atoms with E-state index in [0.29, 0.717) is 9.11 Å². The summed E-state index contributed by atoms with van der Waals surface area (Å²) in [6.45, 7) is 4.00. The SMILES string of the molecule is CC.OB(O)c1ccc(Cl)s1. The lowest BCUT2D eigenvalue weighted by Crippen LogP contribution is -2.26. The van der Waals surface area contributed by atoms with Crippen LogP contribution in [0, 0.1) is 0 Å². The molecular formula is C6H10BClO2S. The fraction of sp³-hybridized carbons (Fsp3) is 0.333. The summed E-state index contributed by atoms with van der Waals surface area (Å²) >= 11 is 6.66. The minimum atomic E-state index is -1.39. The second-order valence-corrected chi connectivity index (χ2v) is 3.26. The first-order chi connectivity index (χ1) is 5.20. The standard InChI is InChI=1S/C4H4BClO2S.C2H6/c6-4-2-1-3(9-4)5(7)8;1-2/h1-2,7-8H;1-2H3. The molecule has 0 saturated heterocycles. The largest absolute Gasteiger partial charge is 0.499 e. The molecule has 11 heavy (non-hydrogen) atoms. The molecule has 0 aliphatic rings. The van der Waals surface area contributed by atoms with Crippen molar-refractivity contribution in [3.05, 3.63) is 16.5 Å². The van der Waals surface area contributed by atoms with Crippen molar-refractivity contribution >= 4 is 34.8 Å². The number of rotatable bonds is 1. The predicted octanol–water partition coefficient (Wildman–Crippen LogP) is 1.11. The number of thiophene rings is 1. The molecule has 0 unspecified atom stereocenters. The normalized spacial score (nSPS) is 8.45. The van der Waals surface area contributed by atoms with E-state index in [-0.39, 0.29) is 0 Å². The second-order valence-electron chi connectivity index (χ2n) is 1.52. The van der Waals surface area contributed by atoms with E-state index in [1.807, 2.05) is 13.8 Å². The molecule has 1 heterocycles. The highest BCUT2D eigenvalue weighted by molar-refractivity contribution is 7.25. The molecule has 1 rings (SSSR count). The van der Waals surface area contributed by atoms with E-state index < -0.39 is 7.12 Å². The Hall–Kier alpha value is -0.0251. The molecule has 0 aromatic carbocycles. The lowest BCUT2D eigenvalue weighted by Gasteiger charge is -1.87. The Kier molecular flexibility index (Phi) is 5.59. The van der Waals surface area contributed by atoms with Crippen LogP contribution in [0.2, 0.25) is 4.34 Å².